The Morgan fingerprint density at radius 3 is 2.81 bits per heavy atom. The lowest BCUT2D eigenvalue weighted by Crippen LogP contribution is -2.47. The Balaban J connectivity index is 2.09. The van der Waals surface area contributed by atoms with Crippen LogP contribution in [0, 0.1) is 0 Å². The molecule has 1 N–H and O–H groups in total. The van der Waals surface area contributed by atoms with Gasteiger partial charge < -0.3 is 15.0 Å². The Morgan fingerprint density at radius 1 is 1.29 bits per heavy atom. The fraction of sp³-hybridized carbons (Fsp3) is 0.750. The lowest BCUT2D eigenvalue weighted by molar-refractivity contribution is 0.231. The molecule has 0 radical (unpaired) electrons. The van der Waals surface area contributed by atoms with E-state index in [-0.39, 0.29) is 6.10 Å². The van der Waals surface area contributed by atoms with Gasteiger partial charge in [-0.3, -0.25) is 4.98 Å². The summed E-state index contributed by atoms with van der Waals surface area (Å²) in [5, 5.41) is 3.54. The Bertz CT molecular complexity index is 436. The van der Waals surface area contributed by atoms with Gasteiger partial charge in [-0.05, 0) is 33.1 Å². The average molecular weight is 292 g/mol. The van der Waals surface area contributed by atoms with Crippen LogP contribution in [-0.2, 0) is 0 Å². The van der Waals surface area contributed by atoms with Gasteiger partial charge >= 0.3 is 0 Å². The van der Waals surface area contributed by atoms with Gasteiger partial charge in [0.2, 0.25) is 5.88 Å². The van der Waals surface area contributed by atoms with Gasteiger partial charge in [-0.2, -0.15) is 4.98 Å². The highest BCUT2D eigenvalue weighted by atomic mass is 16.5. The molecular weight excluding hydrogens is 264 g/mol. The van der Waals surface area contributed by atoms with Gasteiger partial charge in [-0.25, -0.2) is 0 Å². The molecule has 0 bridgehead atoms. The Labute approximate surface area is 128 Å². The highest BCUT2D eigenvalue weighted by Crippen LogP contribution is 2.24. The monoisotopic (exact) mass is 292 g/mol. The number of nitrogens with one attached hydrogen (secondary N) is 1. The Kier molecular flexibility index (Phi) is 5.79. The molecule has 5 nitrogen and oxygen atoms in total. The molecule has 1 fully saturated rings. The third-order valence-electron chi connectivity index (χ3n) is 3.64. The number of anilines is 1. The van der Waals surface area contributed by atoms with Crippen molar-refractivity contribution >= 4 is 5.82 Å². The maximum Gasteiger partial charge on any atom is 0.234 e. The second-order valence-corrected chi connectivity index (χ2v) is 6.29. The summed E-state index contributed by atoms with van der Waals surface area (Å²) in [6, 6.07) is 1.00. The van der Waals surface area contributed by atoms with E-state index in [4.69, 9.17) is 4.74 Å². The molecule has 118 valence electrons. The van der Waals surface area contributed by atoms with Crippen molar-refractivity contribution in [2.45, 2.75) is 65.1 Å². The van der Waals surface area contributed by atoms with Gasteiger partial charge in [0.25, 0.3) is 0 Å². The third-order valence-corrected chi connectivity index (χ3v) is 3.64. The number of hydrogen-bond donors (Lipinski definition) is 1. The molecule has 1 unspecified atom stereocenters. The number of hydrogen-bond acceptors (Lipinski definition) is 5. The zero-order valence-corrected chi connectivity index (χ0v) is 13.7. The third kappa shape index (κ3) is 4.84. The quantitative estimate of drug-likeness (QED) is 0.873. The van der Waals surface area contributed by atoms with Crippen LogP contribution in [0.15, 0.2) is 12.4 Å². The van der Waals surface area contributed by atoms with Crippen molar-refractivity contribution in [2.24, 2.45) is 0 Å². The van der Waals surface area contributed by atoms with Crippen LogP contribution in [0.5, 0.6) is 5.88 Å². The van der Waals surface area contributed by atoms with Crippen LogP contribution < -0.4 is 15.0 Å². The molecule has 1 aromatic rings. The van der Waals surface area contributed by atoms with Crippen molar-refractivity contribution < 1.29 is 4.74 Å². The van der Waals surface area contributed by atoms with E-state index < -0.39 is 0 Å². The second kappa shape index (κ2) is 7.59. The molecular formula is C16H28N4O. The summed E-state index contributed by atoms with van der Waals surface area (Å²) in [5.74, 6) is 1.55. The van der Waals surface area contributed by atoms with E-state index in [0.29, 0.717) is 18.0 Å². The number of piperidine rings is 1. The molecule has 0 saturated carbocycles. The molecule has 0 aliphatic carbocycles. The maximum atomic E-state index is 5.66. The van der Waals surface area contributed by atoms with Crippen molar-refractivity contribution in [3.05, 3.63) is 12.4 Å². The van der Waals surface area contributed by atoms with Crippen LogP contribution in [0.3, 0.4) is 0 Å². The summed E-state index contributed by atoms with van der Waals surface area (Å²) in [6.07, 6.45) is 7.37. The van der Waals surface area contributed by atoms with Gasteiger partial charge in [0.15, 0.2) is 5.82 Å². The molecule has 5 heteroatoms. The van der Waals surface area contributed by atoms with E-state index >= 15 is 0 Å². The van der Waals surface area contributed by atoms with Crippen LogP contribution >= 0.6 is 0 Å². The molecule has 1 saturated heterocycles. The van der Waals surface area contributed by atoms with Crippen LogP contribution in [0.1, 0.15) is 47.0 Å². The number of aromatic nitrogens is 2. The zero-order chi connectivity index (χ0) is 15.2. The van der Waals surface area contributed by atoms with Crippen LogP contribution in [0.25, 0.3) is 0 Å². The van der Waals surface area contributed by atoms with Gasteiger partial charge in [-0.15, -0.1) is 0 Å². The van der Waals surface area contributed by atoms with Gasteiger partial charge in [-0.1, -0.05) is 13.8 Å². The number of nitrogens with zero attached hydrogens (tertiary/aromatic N) is 3. The lowest BCUT2D eigenvalue weighted by Gasteiger charge is -2.37. The molecule has 0 aromatic carbocycles. The molecule has 0 spiro atoms. The van der Waals surface area contributed by atoms with E-state index in [1.807, 2.05) is 20.0 Å². The molecule has 1 aliphatic rings. The molecule has 1 atom stereocenters. The maximum absolute atomic E-state index is 5.66. The summed E-state index contributed by atoms with van der Waals surface area (Å²) >= 11 is 0. The molecule has 2 rings (SSSR count). The van der Waals surface area contributed by atoms with Crippen molar-refractivity contribution in [1.82, 2.24) is 15.3 Å². The van der Waals surface area contributed by atoms with Crippen molar-refractivity contribution in [3.8, 4) is 5.88 Å². The molecule has 2 heterocycles. The minimum Gasteiger partial charge on any atom is -0.474 e. The summed E-state index contributed by atoms with van der Waals surface area (Å²) in [5.41, 5.74) is 0. The Hall–Kier alpha value is -1.36. The van der Waals surface area contributed by atoms with Crippen LogP contribution in [-0.4, -0.2) is 41.2 Å². The smallest absolute Gasteiger partial charge is 0.234 e. The minimum atomic E-state index is 0.120. The van der Waals surface area contributed by atoms with E-state index in [1.54, 1.807) is 6.20 Å². The first-order chi connectivity index (χ1) is 10.1. The largest absolute Gasteiger partial charge is 0.474 e. The van der Waals surface area contributed by atoms with Gasteiger partial charge in [0.1, 0.15) is 0 Å². The highest BCUT2D eigenvalue weighted by molar-refractivity contribution is 5.39. The zero-order valence-electron chi connectivity index (χ0n) is 13.7. The van der Waals surface area contributed by atoms with Gasteiger partial charge in [0.05, 0.1) is 18.5 Å². The topological polar surface area (TPSA) is 50.3 Å². The Morgan fingerprint density at radius 2 is 2.10 bits per heavy atom. The molecule has 1 aliphatic heterocycles. The van der Waals surface area contributed by atoms with Crippen LogP contribution in [0.4, 0.5) is 5.82 Å². The SMILES string of the molecule is CC(C)NCC1CCCCN1c1cncc(OC(C)C)n1. The summed E-state index contributed by atoms with van der Waals surface area (Å²) in [7, 11) is 0. The minimum absolute atomic E-state index is 0.120. The summed E-state index contributed by atoms with van der Waals surface area (Å²) in [4.78, 5) is 11.3. The summed E-state index contributed by atoms with van der Waals surface area (Å²) in [6.45, 7) is 10.4. The van der Waals surface area contributed by atoms with E-state index in [0.717, 1.165) is 18.9 Å². The van der Waals surface area contributed by atoms with Crippen molar-refractivity contribution in [3.63, 3.8) is 0 Å². The first-order valence-corrected chi connectivity index (χ1v) is 8.05. The number of ether oxygens (including phenoxy) is 1. The van der Waals surface area contributed by atoms with Crippen molar-refractivity contribution in [2.75, 3.05) is 18.0 Å². The van der Waals surface area contributed by atoms with Crippen LogP contribution in [0.2, 0.25) is 0 Å². The normalized spacial score (nSPS) is 19.3. The van der Waals surface area contributed by atoms with E-state index in [9.17, 15) is 0 Å². The lowest BCUT2D eigenvalue weighted by atomic mass is 10.0. The standard InChI is InChI=1S/C16H28N4O/c1-12(2)18-9-14-7-5-6-8-20(14)15-10-17-11-16(19-15)21-13(3)4/h10-14,18H,5-9H2,1-4H3. The van der Waals surface area contributed by atoms with E-state index in [2.05, 4.69) is 34.0 Å². The summed E-state index contributed by atoms with van der Waals surface area (Å²) < 4.78 is 5.66. The fourth-order valence-corrected chi connectivity index (χ4v) is 2.66. The van der Waals surface area contributed by atoms with E-state index in [1.165, 1.54) is 19.3 Å². The van der Waals surface area contributed by atoms with Gasteiger partial charge in [0, 0.05) is 25.2 Å². The molecule has 1 aromatic heterocycles. The highest BCUT2D eigenvalue weighted by Gasteiger charge is 2.24. The first-order valence-electron chi connectivity index (χ1n) is 8.05. The molecule has 21 heavy (non-hydrogen) atoms. The molecule has 0 amide bonds. The van der Waals surface area contributed by atoms with Crippen molar-refractivity contribution in [1.29, 1.82) is 0 Å². The predicted molar refractivity (Wildman–Crippen MR) is 85.9 cm³/mol. The second-order valence-electron chi connectivity index (χ2n) is 6.29. The average Bonchev–Trinajstić information content (AvgIpc) is 2.45. The fourth-order valence-electron chi connectivity index (χ4n) is 2.66. The predicted octanol–water partition coefficient (Wildman–Crippen LogP) is 2.62. The number of rotatable bonds is 6. The first kappa shape index (κ1) is 16.0.